The van der Waals surface area contributed by atoms with Crippen LogP contribution >= 0.6 is 22.9 Å². The molecule has 0 bridgehead atoms. The van der Waals surface area contributed by atoms with Crippen LogP contribution in [0.4, 0.5) is 0 Å². The van der Waals surface area contributed by atoms with Gasteiger partial charge in [0.1, 0.15) is 0 Å². The summed E-state index contributed by atoms with van der Waals surface area (Å²) in [6.07, 6.45) is 10.4. The first kappa shape index (κ1) is 15.3. The topological polar surface area (TPSA) is 22.1 Å². The zero-order chi connectivity index (χ0) is 13.3. The summed E-state index contributed by atoms with van der Waals surface area (Å²) in [7, 11) is 0. The highest BCUT2D eigenvalue weighted by Gasteiger charge is 2.12. The molecule has 0 aromatic carbocycles. The Hall–Kier alpha value is -0.120. The molecule has 0 saturated heterocycles. The number of hydrogen-bond donors (Lipinski definition) is 0. The standard InChI is InChI=1S/C15H24ClNOS/c16-10-14-12-19-15(17-14)8-4-5-9-18-11-13-6-2-1-3-7-13/h12-13H,1-11H2. The molecule has 0 spiro atoms. The van der Waals surface area contributed by atoms with E-state index in [1.165, 1.54) is 43.5 Å². The van der Waals surface area contributed by atoms with Crippen molar-refractivity contribution >= 4 is 22.9 Å². The number of rotatable bonds is 8. The van der Waals surface area contributed by atoms with E-state index in [4.69, 9.17) is 16.3 Å². The Kier molecular flexibility index (Phi) is 7.18. The number of alkyl halides is 1. The summed E-state index contributed by atoms with van der Waals surface area (Å²) in [5.74, 6) is 1.36. The molecule has 0 atom stereocenters. The van der Waals surface area contributed by atoms with Gasteiger partial charge in [0.25, 0.3) is 0 Å². The van der Waals surface area contributed by atoms with Crippen molar-refractivity contribution in [3.05, 3.63) is 16.1 Å². The summed E-state index contributed by atoms with van der Waals surface area (Å²) in [4.78, 5) is 4.47. The lowest BCUT2D eigenvalue weighted by Crippen LogP contribution is -2.13. The van der Waals surface area contributed by atoms with E-state index in [2.05, 4.69) is 10.4 Å². The summed E-state index contributed by atoms with van der Waals surface area (Å²) in [5.41, 5.74) is 1.01. The van der Waals surface area contributed by atoms with Gasteiger partial charge in [-0.1, -0.05) is 19.3 Å². The van der Waals surface area contributed by atoms with Gasteiger partial charge >= 0.3 is 0 Å². The van der Waals surface area contributed by atoms with E-state index in [9.17, 15) is 0 Å². The van der Waals surface area contributed by atoms with Crippen LogP contribution in [0.1, 0.15) is 55.6 Å². The summed E-state index contributed by atoms with van der Waals surface area (Å²) in [6, 6.07) is 0. The average Bonchev–Trinajstić information content (AvgIpc) is 2.92. The summed E-state index contributed by atoms with van der Waals surface area (Å²) in [6.45, 7) is 1.89. The van der Waals surface area contributed by atoms with Crippen molar-refractivity contribution < 1.29 is 4.74 Å². The maximum absolute atomic E-state index is 5.80. The molecule has 1 aliphatic rings. The fourth-order valence-corrected chi connectivity index (χ4v) is 3.68. The van der Waals surface area contributed by atoms with E-state index in [1.54, 1.807) is 11.3 Å². The second kappa shape index (κ2) is 8.93. The summed E-state index contributed by atoms with van der Waals surface area (Å²) < 4.78 is 5.80. The minimum absolute atomic E-state index is 0.529. The zero-order valence-corrected chi connectivity index (χ0v) is 13.1. The first-order valence-corrected chi connectivity index (χ1v) is 8.87. The van der Waals surface area contributed by atoms with E-state index in [0.29, 0.717) is 5.88 Å². The minimum Gasteiger partial charge on any atom is -0.381 e. The Morgan fingerprint density at radius 2 is 2.11 bits per heavy atom. The van der Waals surface area contributed by atoms with Crippen LogP contribution in [-0.2, 0) is 17.0 Å². The Labute approximate surface area is 125 Å². The number of halogens is 1. The third kappa shape index (κ3) is 5.80. The van der Waals surface area contributed by atoms with Gasteiger partial charge in [-0.25, -0.2) is 4.98 Å². The molecule has 0 amide bonds. The van der Waals surface area contributed by atoms with Gasteiger partial charge in [-0.3, -0.25) is 0 Å². The third-order valence-corrected chi connectivity index (χ3v) is 4.98. The molecule has 2 nitrogen and oxygen atoms in total. The number of ether oxygens (including phenoxy) is 1. The first-order valence-electron chi connectivity index (χ1n) is 7.45. The Morgan fingerprint density at radius 1 is 1.26 bits per heavy atom. The molecule has 19 heavy (non-hydrogen) atoms. The monoisotopic (exact) mass is 301 g/mol. The van der Waals surface area contributed by atoms with Gasteiger partial charge in [0.05, 0.1) is 16.6 Å². The van der Waals surface area contributed by atoms with Crippen LogP contribution in [0.15, 0.2) is 5.38 Å². The van der Waals surface area contributed by atoms with Crippen LogP contribution in [0.5, 0.6) is 0 Å². The normalized spacial score (nSPS) is 16.9. The van der Waals surface area contributed by atoms with Crippen molar-refractivity contribution in [3.8, 4) is 0 Å². The lowest BCUT2D eigenvalue weighted by Gasteiger charge is -2.21. The number of hydrogen-bond acceptors (Lipinski definition) is 3. The minimum atomic E-state index is 0.529. The molecular weight excluding hydrogens is 278 g/mol. The van der Waals surface area contributed by atoms with E-state index < -0.39 is 0 Å². The largest absolute Gasteiger partial charge is 0.381 e. The van der Waals surface area contributed by atoms with Gasteiger partial charge in [-0.15, -0.1) is 22.9 Å². The van der Waals surface area contributed by atoms with Crippen molar-refractivity contribution in [2.24, 2.45) is 5.92 Å². The maximum atomic E-state index is 5.80. The molecule has 1 aliphatic carbocycles. The van der Waals surface area contributed by atoms with Crippen LogP contribution in [-0.4, -0.2) is 18.2 Å². The van der Waals surface area contributed by atoms with Gasteiger partial charge in [-0.2, -0.15) is 0 Å². The SMILES string of the molecule is ClCc1csc(CCCCOCC2CCCCC2)n1. The maximum Gasteiger partial charge on any atom is 0.0928 e. The average molecular weight is 302 g/mol. The molecule has 1 saturated carbocycles. The Morgan fingerprint density at radius 3 is 2.84 bits per heavy atom. The van der Waals surface area contributed by atoms with Crippen molar-refractivity contribution in [3.63, 3.8) is 0 Å². The van der Waals surface area contributed by atoms with Crippen LogP contribution < -0.4 is 0 Å². The number of unbranched alkanes of at least 4 members (excludes halogenated alkanes) is 1. The molecule has 1 heterocycles. The number of aryl methyl sites for hydroxylation is 1. The molecule has 0 aliphatic heterocycles. The second-order valence-corrected chi connectivity index (χ2v) is 6.61. The highest BCUT2D eigenvalue weighted by atomic mass is 35.5. The molecule has 0 N–H and O–H groups in total. The highest BCUT2D eigenvalue weighted by molar-refractivity contribution is 7.09. The molecule has 0 radical (unpaired) electrons. The molecule has 1 aromatic rings. The fraction of sp³-hybridized carbons (Fsp3) is 0.800. The second-order valence-electron chi connectivity index (χ2n) is 5.40. The molecule has 1 aromatic heterocycles. The zero-order valence-electron chi connectivity index (χ0n) is 11.6. The summed E-state index contributed by atoms with van der Waals surface area (Å²) >= 11 is 7.47. The lowest BCUT2D eigenvalue weighted by atomic mass is 9.90. The van der Waals surface area contributed by atoms with Crippen molar-refractivity contribution in [2.45, 2.75) is 57.2 Å². The van der Waals surface area contributed by atoms with Crippen LogP contribution in [0.2, 0.25) is 0 Å². The first-order chi connectivity index (χ1) is 9.38. The van der Waals surface area contributed by atoms with Gasteiger partial charge in [-0.05, 0) is 38.0 Å². The molecule has 1 fully saturated rings. The quantitative estimate of drug-likeness (QED) is 0.508. The van der Waals surface area contributed by atoms with Gasteiger partial charge in [0.2, 0.25) is 0 Å². The molecular formula is C15H24ClNOS. The molecule has 4 heteroatoms. The van der Waals surface area contributed by atoms with Crippen LogP contribution in [0.25, 0.3) is 0 Å². The van der Waals surface area contributed by atoms with Crippen molar-refractivity contribution in [1.29, 1.82) is 0 Å². The van der Waals surface area contributed by atoms with E-state index in [-0.39, 0.29) is 0 Å². The molecule has 2 rings (SSSR count). The third-order valence-electron chi connectivity index (χ3n) is 3.74. The summed E-state index contributed by atoms with van der Waals surface area (Å²) in [5, 5.41) is 3.27. The van der Waals surface area contributed by atoms with E-state index >= 15 is 0 Å². The number of thiazole rings is 1. The van der Waals surface area contributed by atoms with Crippen molar-refractivity contribution in [2.75, 3.05) is 13.2 Å². The molecule has 108 valence electrons. The fourth-order valence-electron chi connectivity index (χ4n) is 2.61. The highest BCUT2D eigenvalue weighted by Crippen LogP contribution is 2.23. The predicted molar refractivity (Wildman–Crippen MR) is 82.0 cm³/mol. The lowest BCUT2D eigenvalue weighted by molar-refractivity contribution is 0.0828. The number of nitrogens with zero attached hydrogens (tertiary/aromatic N) is 1. The van der Waals surface area contributed by atoms with E-state index in [1.807, 2.05) is 0 Å². The van der Waals surface area contributed by atoms with Gasteiger partial charge in [0, 0.05) is 18.6 Å². The van der Waals surface area contributed by atoms with Crippen LogP contribution in [0, 0.1) is 5.92 Å². The predicted octanol–water partition coefficient (Wildman–Crippen LogP) is 4.80. The molecule has 0 unspecified atom stereocenters. The smallest absolute Gasteiger partial charge is 0.0928 e. The Balaban J connectivity index is 1.47. The van der Waals surface area contributed by atoms with Crippen LogP contribution in [0.3, 0.4) is 0 Å². The Bertz CT molecular complexity index is 350. The van der Waals surface area contributed by atoms with E-state index in [0.717, 1.165) is 37.7 Å². The van der Waals surface area contributed by atoms with Crippen molar-refractivity contribution in [1.82, 2.24) is 4.98 Å². The van der Waals surface area contributed by atoms with Gasteiger partial charge in [0.15, 0.2) is 0 Å². The van der Waals surface area contributed by atoms with Gasteiger partial charge < -0.3 is 4.74 Å². The number of aromatic nitrogens is 1.